The van der Waals surface area contributed by atoms with Crippen LogP contribution >= 0.6 is 0 Å². The van der Waals surface area contributed by atoms with Gasteiger partial charge in [0.15, 0.2) is 0 Å². The number of anilines is 2. The Labute approximate surface area is 204 Å². The zero-order valence-electron chi connectivity index (χ0n) is 19.8. The molecule has 7 nitrogen and oxygen atoms in total. The minimum atomic E-state index is -0.237. The summed E-state index contributed by atoms with van der Waals surface area (Å²) < 4.78 is 12.6. The predicted molar refractivity (Wildman–Crippen MR) is 137 cm³/mol. The fourth-order valence-corrected chi connectivity index (χ4v) is 4.10. The number of nitrogens with zero attached hydrogens (tertiary/aromatic N) is 2. The molecule has 35 heavy (non-hydrogen) atoms. The maximum Gasteiger partial charge on any atom is 0.261 e. The third-order valence-electron chi connectivity index (χ3n) is 6.03. The minimum absolute atomic E-state index is 0.233. The highest BCUT2D eigenvalue weighted by atomic mass is 16.5. The van der Waals surface area contributed by atoms with Crippen molar-refractivity contribution in [3.05, 3.63) is 107 Å². The van der Waals surface area contributed by atoms with Crippen LogP contribution in [0.4, 0.5) is 11.5 Å². The average Bonchev–Trinajstić information content (AvgIpc) is 3.34. The van der Waals surface area contributed by atoms with Crippen molar-refractivity contribution < 1.29 is 14.3 Å². The number of carbonyl (C=O) groups is 1. The van der Waals surface area contributed by atoms with Gasteiger partial charge in [-0.2, -0.15) is 5.10 Å². The van der Waals surface area contributed by atoms with E-state index in [1.54, 1.807) is 20.4 Å². The van der Waals surface area contributed by atoms with Gasteiger partial charge in [0.05, 0.1) is 26.5 Å². The Bertz CT molecular complexity index is 1390. The summed E-state index contributed by atoms with van der Waals surface area (Å²) in [6, 6.07) is 23.1. The average molecular weight is 467 g/mol. The standard InChI is InChI=1S/C28H26N4O3/c1-18-7-11-21(12-8-18)30-28(33)24-17-29-32-26(20-5-4-6-23(15-20)35-3)16-25(31-27(24)32)19-9-13-22(34-2)14-10-19/h4-17,26,31H,1-3H3,(H,30,33)/t26-/m1/s1. The van der Waals surface area contributed by atoms with Crippen molar-refractivity contribution in [2.24, 2.45) is 0 Å². The fourth-order valence-electron chi connectivity index (χ4n) is 4.10. The van der Waals surface area contributed by atoms with E-state index in [0.29, 0.717) is 11.4 Å². The number of amides is 1. The van der Waals surface area contributed by atoms with E-state index in [-0.39, 0.29) is 11.9 Å². The van der Waals surface area contributed by atoms with Gasteiger partial charge < -0.3 is 20.1 Å². The minimum Gasteiger partial charge on any atom is -0.497 e. The van der Waals surface area contributed by atoms with Gasteiger partial charge in [-0.1, -0.05) is 29.8 Å². The molecule has 1 aliphatic rings. The molecule has 7 heteroatoms. The number of hydrogen-bond acceptors (Lipinski definition) is 5. The second kappa shape index (κ2) is 9.38. The number of carbonyl (C=O) groups excluding carboxylic acids is 1. The van der Waals surface area contributed by atoms with Gasteiger partial charge in [-0.3, -0.25) is 4.79 Å². The number of fused-ring (bicyclic) bond motifs is 1. The number of allylic oxidation sites excluding steroid dienone is 1. The molecule has 0 fully saturated rings. The van der Waals surface area contributed by atoms with Crippen LogP contribution in [0.2, 0.25) is 0 Å². The Morgan fingerprint density at radius 3 is 2.43 bits per heavy atom. The maximum absolute atomic E-state index is 13.2. The van der Waals surface area contributed by atoms with Crippen LogP contribution in [0.25, 0.3) is 5.70 Å². The Hall–Kier alpha value is -4.52. The fraction of sp³-hybridized carbons (Fsp3) is 0.143. The molecule has 1 amide bonds. The lowest BCUT2D eigenvalue weighted by Crippen LogP contribution is -2.22. The molecule has 2 heterocycles. The number of methoxy groups -OCH3 is 2. The quantitative estimate of drug-likeness (QED) is 0.391. The van der Waals surface area contributed by atoms with Crippen LogP contribution in [0.3, 0.4) is 0 Å². The Morgan fingerprint density at radius 1 is 0.971 bits per heavy atom. The van der Waals surface area contributed by atoms with Gasteiger partial charge in [0.1, 0.15) is 22.9 Å². The molecule has 3 aromatic carbocycles. The number of rotatable bonds is 6. The van der Waals surface area contributed by atoms with Gasteiger partial charge in [0.2, 0.25) is 0 Å². The smallest absolute Gasteiger partial charge is 0.261 e. The molecular formula is C28H26N4O3. The van der Waals surface area contributed by atoms with E-state index >= 15 is 0 Å². The lowest BCUT2D eigenvalue weighted by Gasteiger charge is -2.26. The summed E-state index contributed by atoms with van der Waals surface area (Å²) in [5, 5.41) is 11.0. The maximum atomic E-state index is 13.2. The molecule has 1 aliphatic heterocycles. The first-order valence-corrected chi connectivity index (χ1v) is 11.3. The van der Waals surface area contributed by atoms with E-state index < -0.39 is 0 Å². The monoisotopic (exact) mass is 466 g/mol. The highest BCUT2D eigenvalue weighted by Gasteiger charge is 2.28. The highest BCUT2D eigenvalue weighted by molar-refractivity contribution is 6.08. The van der Waals surface area contributed by atoms with Crippen LogP contribution in [0, 0.1) is 6.92 Å². The van der Waals surface area contributed by atoms with Gasteiger partial charge in [-0.15, -0.1) is 0 Å². The molecular weight excluding hydrogens is 440 g/mol. The Kier molecular flexibility index (Phi) is 5.97. The van der Waals surface area contributed by atoms with Gasteiger partial charge in [0.25, 0.3) is 5.91 Å². The molecule has 0 unspecified atom stereocenters. The van der Waals surface area contributed by atoms with Crippen LogP contribution in [0.1, 0.15) is 33.1 Å². The van der Waals surface area contributed by atoms with E-state index in [0.717, 1.165) is 39.6 Å². The van der Waals surface area contributed by atoms with E-state index in [2.05, 4.69) is 21.8 Å². The van der Waals surface area contributed by atoms with Crippen molar-refractivity contribution in [3.8, 4) is 11.5 Å². The summed E-state index contributed by atoms with van der Waals surface area (Å²) in [6.07, 6.45) is 3.70. The van der Waals surface area contributed by atoms with Crippen molar-refractivity contribution in [2.75, 3.05) is 24.9 Å². The molecule has 5 rings (SSSR count). The molecule has 0 aliphatic carbocycles. The van der Waals surface area contributed by atoms with Gasteiger partial charge in [0, 0.05) is 11.4 Å². The molecule has 2 N–H and O–H groups in total. The number of aryl methyl sites for hydroxylation is 1. The lowest BCUT2D eigenvalue weighted by atomic mass is 10.0. The molecule has 176 valence electrons. The van der Waals surface area contributed by atoms with Gasteiger partial charge >= 0.3 is 0 Å². The number of benzene rings is 3. The number of aromatic nitrogens is 2. The summed E-state index contributed by atoms with van der Waals surface area (Å²) in [5.74, 6) is 1.92. The largest absolute Gasteiger partial charge is 0.497 e. The first-order valence-electron chi connectivity index (χ1n) is 11.3. The predicted octanol–water partition coefficient (Wildman–Crippen LogP) is 5.52. The van der Waals surface area contributed by atoms with Crippen LogP contribution < -0.4 is 20.1 Å². The lowest BCUT2D eigenvalue weighted by molar-refractivity contribution is 0.102. The molecule has 1 aromatic heterocycles. The van der Waals surface area contributed by atoms with Crippen LogP contribution in [0.5, 0.6) is 11.5 Å². The van der Waals surface area contributed by atoms with E-state index in [4.69, 9.17) is 9.47 Å². The number of hydrogen-bond donors (Lipinski definition) is 2. The van der Waals surface area contributed by atoms with Crippen molar-refractivity contribution in [3.63, 3.8) is 0 Å². The zero-order valence-corrected chi connectivity index (χ0v) is 19.8. The van der Waals surface area contributed by atoms with Crippen LogP contribution in [-0.2, 0) is 0 Å². The van der Waals surface area contributed by atoms with E-state index in [1.165, 1.54) is 0 Å². The number of ether oxygens (including phenoxy) is 2. The summed E-state index contributed by atoms with van der Waals surface area (Å²) in [4.78, 5) is 13.2. The molecule has 4 aromatic rings. The summed E-state index contributed by atoms with van der Waals surface area (Å²) in [5.41, 5.74) is 5.15. The summed E-state index contributed by atoms with van der Waals surface area (Å²) >= 11 is 0. The molecule has 0 spiro atoms. The zero-order chi connectivity index (χ0) is 24.4. The third-order valence-corrected chi connectivity index (χ3v) is 6.03. The third kappa shape index (κ3) is 4.48. The normalized spacial score (nSPS) is 14.4. The second-order valence-electron chi connectivity index (χ2n) is 8.33. The first-order chi connectivity index (χ1) is 17.1. The highest BCUT2D eigenvalue weighted by Crippen LogP contribution is 2.36. The number of nitrogens with one attached hydrogen (secondary N) is 2. The van der Waals surface area contributed by atoms with Crippen molar-refractivity contribution in [2.45, 2.75) is 13.0 Å². The van der Waals surface area contributed by atoms with Crippen molar-refractivity contribution >= 4 is 23.1 Å². The molecule has 0 radical (unpaired) electrons. The Morgan fingerprint density at radius 2 is 1.71 bits per heavy atom. The van der Waals surface area contributed by atoms with Crippen LogP contribution in [-0.4, -0.2) is 29.9 Å². The van der Waals surface area contributed by atoms with Crippen molar-refractivity contribution in [1.29, 1.82) is 0 Å². The Balaban J connectivity index is 1.55. The molecule has 1 atom stereocenters. The van der Waals surface area contributed by atoms with E-state index in [9.17, 15) is 4.79 Å². The first kappa shape index (κ1) is 22.3. The van der Waals surface area contributed by atoms with Gasteiger partial charge in [-0.25, -0.2) is 4.68 Å². The second-order valence-corrected chi connectivity index (χ2v) is 8.33. The summed E-state index contributed by atoms with van der Waals surface area (Å²) in [6.45, 7) is 2.01. The van der Waals surface area contributed by atoms with Crippen LogP contribution in [0.15, 0.2) is 85.1 Å². The SMILES string of the molecule is COc1ccc(C2=C[C@H](c3cccc(OC)c3)n3ncc(C(=O)Nc4ccc(C)cc4)c3N2)cc1. The van der Waals surface area contributed by atoms with E-state index in [1.807, 2.05) is 84.4 Å². The molecule has 0 bridgehead atoms. The molecule has 0 saturated carbocycles. The topological polar surface area (TPSA) is 77.4 Å². The van der Waals surface area contributed by atoms with Gasteiger partial charge in [-0.05, 0) is 72.7 Å². The van der Waals surface area contributed by atoms with Crippen molar-refractivity contribution in [1.82, 2.24) is 9.78 Å². The summed E-state index contributed by atoms with van der Waals surface area (Å²) in [7, 11) is 3.29. The molecule has 0 saturated heterocycles.